The third-order valence-corrected chi connectivity index (χ3v) is 3.50. The Morgan fingerprint density at radius 2 is 1.95 bits per heavy atom. The Labute approximate surface area is 117 Å². The average Bonchev–Trinajstić information content (AvgIpc) is 2.90. The van der Waals surface area contributed by atoms with Crippen LogP contribution in [0.2, 0.25) is 0 Å². The predicted octanol–water partition coefficient (Wildman–Crippen LogP) is 3.05. The highest BCUT2D eigenvalue weighted by atomic mass is 16.3. The molecule has 0 aliphatic heterocycles. The quantitative estimate of drug-likeness (QED) is 0.788. The highest BCUT2D eigenvalue weighted by Gasteiger charge is 2.05. The molecule has 0 spiro atoms. The molecule has 0 unspecified atom stereocenters. The SMILES string of the molecule is N#Cc1ccccc1Cn1ccc2cc(CO)ccc21. The van der Waals surface area contributed by atoms with Gasteiger partial charge in [0.15, 0.2) is 0 Å². The lowest BCUT2D eigenvalue weighted by molar-refractivity contribution is 0.282. The van der Waals surface area contributed by atoms with Crippen LogP contribution in [0, 0.1) is 11.3 Å². The Morgan fingerprint density at radius 3 is 2.75 bits per heavy atom. The number of aliphatic hydroxyl groups is 1. The number of nitrogens with zero attached hydrogens (tertiary/aromatic N) is 2. The fraction of sp³-hybridized carbons (Fsp3) is 0.118. The summed E-state index contributed by atoms with van der Waals surface area (Å²) in [7, 11) is 0. The molecule has 2 aromatic carbocycles. The zero-order valence-electron chi connectivity index (χ0n) is 11.0. The lowest BCUT2D eigenvalue weighted by Crippen LogP contribution is -2.00. The zero-order chi connectivity index (χ0) is 13.9. The lowest BCUT2D eigenvalue weighted by Gasteiger charge is -2.07. The van der Waals surface area contributed by atoms with Crippen LogP contribution in [0.25, 0.3) is 10.9 Å². The molecule has 1 N–H and O–H groups in total. The van der Waals surface area contributed by atoms with E-state index in [9.17, 15) is 0 Å². The molecule has 0 saturated heterocycles. The van der Waals surface area contributed by atoms with Crippen molar-refractivity contribution in [3.63, 3.8) is 0 Å². The second-order valence-corrected chi connectivity index (χ2v) is 4.76. The molecule has 3 nitrogen and oxygen atoms in total. The van der Waals surface area contributed by atoms with Crippen LogP contribution in [-0.2, 0) is 13.2 Å². The Balaban J connectivity index is 2.01. The first-order valence-corrected chi connectivity index (χ1v) is 6.48. The fourth-order valence-electron chi connectivity index (χ4n) is 2.44. The van der Waals surface area contributed by atoms with Gasteiger partial charge in [0.05, 0.1) is 18.2 Å². The molecule has 0 amide bonds. The Bertz CT molecular complexity index is 796. The minimum absolute atomic E-state index is 0.0540. The minimum Gasteiger partial charge on any atom is -0.392 e. The number of hydrogen-bond acceptors (Lipinski definition) is 2. The summed E-state index contributed by atoms with van der Waals surface area (Å²) in [6.07, 6.45) is 2.01. The van der Waals surface area contributed by atoms with Crippen LogP contribution < -0.4 is 0 Å². The molecule has 0 fully saturated rings. The molecule has 0 aliphatic carbocycles. The maximum absolute atomic E-state index is 9.16. The summed E-state index contributed by atoms with van der Waals surface area (Å²) >= 11 is 0. The Morgan fingerprint density at radius 1 is 1.10 bits per heavy atom. The van der Waals surface area contributed by atoms with Crippen LogP contribution in [0.1, 0.15) is 16.7 Å². The van der Waals surface area contributed by atoms with Gasteiger partial charge in [0.2, 0.25) is 0 Å². The molecule has 0 atom stereocenters. The van der Waals surface area contributed by atoms with Gasteiger partial charge in [-0.3, -0.25) is 0 Å². The molecule has 0 saturated carbocycles. The van der Waals surface area contributed by atoms with Gasteiger partial charge in [-0.15, -0.1) is 0 Å². The van der Waals surface area contributed by atoms with Gasteiger partial charge in [0.25, 0.3) is 0 Å². The van der Waals surface area contributed by atoms with E-state index in [0.29, 0.717) is 12.1 Å². The van der Waals surface area contributed by atoms with E-state index in [1.165, 1.54) is 0 Å². The molecular weight excluding hydrogens is 248 g/mol. The van der Waals surface area contributed by atoms with E-state index in [0.717, 1.165) is 22.0 Å². The van der Waals surface area contributed by atoms with Crippen LogP contribution in [0.3, 0.4) is 0 Å². The first kappa shape index (κ1) is 12.5. The van der Waals surface area contributed by atoms with Crippen LogP contribution in [0.4, 0.5) is 0 Å². The zero-order valence-corrected chi connectivity index (χ0v) is 11.0. The average molecular weight is 262 g/mol. The monoisotopic (exact) mass is 262 g/mol. The van der Waals surface area contributed by atoms with Crippen molar-refractivity contribution in [2.75, 3.05) is 0 Å². The number of fused-ring (bicyclic) bond motifs is 1. The van der Waals surface area contributed by atoms with E-state index in [1.54, 1.807) is 0 Å². The van der Waals surface area contributed by atoms with E-state index in [-0.39, 0.29) is 6.61 Å². The van der Waals surface area contributed by atoms with Crippen molar-refractivity contribution in [1.82, 2.24) is 4.57 Å². The minimum atomic E-state index is 0.0540. The van der Waals surface area contributed by atoms with Gasteiger partial charge in [-0.2, -0.15) is 5.26 Å². The molecule has 1 heterocycles. The van der Waals surface area contributed by atoms with Crippen molar-refractivity contribution >= 4 is 10.9 Å². The van der Waals surface area contributed by atoms with Crippen LogP contribution in [-0.4, -0.2) is 9.67 Å². The molecular formula is C17H14N2O. The fourth-order valence-corrected chi connectivity index (χ4v) is 2.44. The number of hydrogen-bond donors (Lipinski definition) is 1. The second-order valence-electron chi connectivity index (χ2n) is 4.76. The maximum Gasteiger partial charge on any atom is 0.0995 e. The van der Waals surface area contributed by atoms with E-state index in [2.05, 4.69) is 10.6 Å². The summed E-state index contributed by atoms with van der Waals surface area (Å²) < 4.78 is 2.12. The lowest BCUT2D eigenvalue weighted by atomic mass is 10.1. The van der Waals surface area contributed by atoms with Gasteiger partial charge in [-0.25, -0.2) is 0 Å². The highest BCUT2D eigenvalue weighted by Crippen LogP contribution is 2.20. The third kappa shape index (κ3) is 2.18. The number of aliphatic hydroxyl groups excluding tert-OH is 1. The molecule has 1 aromatic heterocycles. The summed E-state index contributed by atoms with van der Waals surface area (Å²) in [6.45, 7) is 0.726. The summed E-state index contributed by atoms with van der Waals surface area (Å²) in [5.74, 6) is 0. The van der Waals surface area contributed by atoms with Crippen molar-refractivity contribution in [2.45, 2.75) is 13.2 Å². The van der Waals surface area contributed by atoms with E-state index in [1.807, 2.05) is 54.7 Å². The number of rotatable bonds is 3. The molecule has 20 heavy (non-hydrogen) atoms. The van der Waals surface area contributed by atoms with Crippen molar-refractivity contribution < 1.29 is 5.11 Å². The van der Waals surface area contributed by atoms with E-state index in [4.69, 9.17) is 10.4 Å². The second kappa shape index (κ2) is 5.20. The van der Waals surface area contributed by atoms with E-state index < -0.39 is 0 Å². The Kier molecular flexibility index (Phi) is 3.24. The van der Waals surface area contributed by atoms with Gasteiger partial charge < -0.3 is 9.67 Å². The van der Waals surface area contributed by atoms with Gasteiger partial charge in [0, 0.05) is 18.3 Å². The standard InChI is InChI=1S/C17H14N2O/c18-10-15-3-1-2-4-16(15)11-19-8-7-14-9-13(12-20)5-6-17(14)19/h1-9,20H,11-12H2. The molecule has 98 valence electrons. The number of aromatic nitrogens is 1. The van der Waals surface area contributed by atoms with Crippen LogP contribution in [0.5, 0.6) is 0 Å². The third-order valence-electron chi connectivity index (χ3n) is 3.50. The molecule has 0 aliphatic rings. The van der Waals surface area contributed by atoms with Gasteiger partial charge in [-0.1, -0.05) is 24.3 Å². The number of benzene rings is 2. The summed E-state index contributed by atoms with van der Waals surface area (Å²) in [5, 5.41) is 19.4. The van der Waals surface area contributed by atoms with Crippen LogP contribution >= 0.6 is 0 Å². The van der Waals surface area contributed by atoms with Crippen molar-refractivity contribution in [3.8, 4) is 6.07 Å². The smallest absolute Gasteiger partial charge is 0.0995 e. The van der Waals surface area contributed by atoms with Crippen LogP contribution in [0.15, 0.2) is 54.7 Å². The highest BCUT2D eigenvalue weighted by molar-refractivity contribution is 5.81. The van der Waals surface area contributed by atoms with Crippen molar-refractivity contribution in [2.24, 2.45) is 0 Å². The van der Waals surface area contributed by atoms with E-state index >= 15 is 0 Å². The molecule has 3 rings (SSSR count). The summed E-state index contributed by atoms with van der Waals surface area (Å²) in [5.41, 5.74) is 3.74. The normalized spacial score (nSPS) is 10.6. The largest absolute Gasteiger partial charge is 0.392 e. The van der Waals surface area contributed by atoms with Gasteiger partial charge >= 0.3 is 0 Å². The first-order chi connectivity index (χ1) is 9.81. The molecule has 0 radical (unpaired) electrons. The maximum atomic E-state index is 9.16. The molecule has 3 heteroatoms. The van der Waals surface area contributed by atoms with Gasteiger partial charge in [0.1, 0.15) is 0 Å². The first-order valence-electron chi connectivity index (χ1n) is 6.48. The summed E-state index contributed by atoms with van der Waals surface area (Å²) in [6, 6.07) is 17.8. The topological polar surface area (TPSA) is 49.0 Å². The van der Waals surface area contributed by atoms with Crippen molar-refractivity contribution in [1.29, 1.82) is 5.26 Å². The van der Waals surface area contributed by atoms with Gasteiger partial charge in [-0.05, 0) is 40.8 Å². The number of nitriles is 1. The molecule has 0 bridgehead atoms. The summed E-state index contributed by atoms with van der Waals surface area (Å²) in [4.78, 5) is 0. The predicted molar refractivity (Wildman–Crippen MR) is 78.1 cm³/mol. The molecule has 3 aromatic rings. The van der Waals surface area contributed by atoms with Crippen molar-refractivity contribution in [3.05, 3.63) is 71.4 Å². The Hall–Kier alpha value is -2.57.